The predicted molar refractivity (Wildman–Crippen MR) is 121 cm³/mol. The van der Waals surface area contributed by atoms with Crippen LogP contribution in [0.2, 0.25) is 0 Å². The third-order valence-electron chi connectivity index (χ3n) is 4.73. The van der Waals surface area contributed by atoms with Crippen molar-refractivity contribution in [3.63, 3.8) is 0 Å². The van der Waals surface area contributed by atoms with Gasteiger partial charge in [0.05, 0.1) is 11.6 Å². The highest BCUT2D eigenvalue weighted by Gasteiger charge is 2.34. The van der Waals surface area contributed by atoms with Crippen LogP contribution in [0.15, 0.2) is 73.1 Å². The van der Waals surface area contributed by atoms with Crippen LogP contribution < -0.4 is 5.32 Å². The first-order valence-corrected chi connectivity index (χ1v) is 10.0. The van der Waals surface area contributed by atoms with Crippen molar-refractivity contribution in [2.75, 3.05) is 5.32 Å². The summed E-state index contributed by atoms with van der Waals surface area (Å²) in [5.41, 5.74) is 1.29. The summed E-state index contributed by atoms with van der Waals surface area (Å²) in [6.07, 6.45) is 0.289. The fraction of sp³-hybridized carbons (Fsp3) is 0.0417. The smallest absolute Gasteiger partial charge is 0.435 e. The lowest BCUT2D eigenvalue weighted by Gasteiger charge is -2.12. The number of benzene rings is 2. The fourth-order valence-corrected chi connectivity index (χ4v) is 3.18. The number of aliphatic carboxylic acids is 1. The lowest BCUT2D eigenvalue weighted by Crippen LogP contribution is -2.10. The molecule has 0 unspecified atom stereocenters. The molecule has 2 aromatic carbocycles. The molecule has 4 rings (SSSR count). The Hall–Kier alpha value is -4.98. The summed E-state index contributed by atoms with van der Waals surface area (Å²) in [6, 6.07) is 16.1. The zero-order chi connectivity index (χ0) is 25.0. The van der Waals surface area contributed by atoms with Gasteiger partial charge in [0, 0.05) is 29.7 Å². The van der Waals surface area contributed by atoms with Crippen LogP contribution in [0.1, 0.15) is 16.8 Å². The quantitative estimate of drug-likeness (QED) is 0.374. The Labute approximate surface area is 196 Å². The van der Waals surface area contributed by atoms with E-state index in [-0.39, 0.29) is 11.8 Å². The number of aromatic nitrogens is 4. The number of rotatable bonds is 6. The van der Waals surface area contributed by atoms with E-state index in [4.69, 9.17) is 10.4 Å². The van der Waals surface area contributed by atoms with Crippen molar-refractivity contribution in [1.29, 1.82) is 5.26 Å². The number of nitrogens with zero attached hydrogens (tertiary/aromatic N) is 5. The second-order valence-corrected chi connectivity index (χ2v) is 7.19. The number of alkyl halides is 3. The van der Waals surface area contributed by atoms with E-state index in [1.54, 1.807) is 48.5 Å². The Balaban J connectivity index is 1.80. The molecule has 174 valence electrons. The molecule has 0 aliphatic heterocycles. The highest BCUT2D eigenvalue weighted by Crippen LogP contribution is 2.31. The maximum Gasteiger partial charge on any atom is 0.435 e. The van der Waals surface area contributed by atoms with Gasteiger partial charge in [-0.3, -0.25) is 0 Å². The third kappa shape index (κ3) is 5.51. The molecule has 0 fully saturated rings. The van der Waals surface area contributed by atoms with Crippen LogP contribution in [0.4, 0.5) is 24.8 Å². The molecule has 0 spiro atoms. The number of carbonyl (C=O) groups is 1. The van der Waals surface area contributed by atoms with E-state index < -0.39 is 17.8 Å². The Kier molecular flexibility index (Phi) is 6.28. The highest BCUT2D eigenvalue weighted by atomic mass is 19.4. The summed E-state index contributed by atoms with van der Waals surface area (Å²) in [6.45, 7) is 0. The summed E-state index contributed by atoms with van der Waals surface area (Å²) in [4.78, 5) is 19.5. The first-order chi connectivity index (χ1) is 16.7. The van der Waals surface area contributed by atoms with Gasteiger partial charge in [0.2, 0.25) is 5.95 Å². The molecule has 0 atom stereocenters. The van der Waals surface area contributed by atoms with Crippen LogP contribution in [-0.2, 0) is 11.0 Å². The average molecular weight is 476 g/mol. The van der Waals surface area contributed by atoms with Crippen LogP contribution in [0.5, 0.6) is 0 Å². The molecule has 8 nitrogen and oxygen atoms in total. The molecule has 0 bridgehead atoms. The number of carboxylic acids is 1. The van der Waals surface area contributed by atoms with Gasteiger partial charge < -0.3 is 10.4 Å². The molecule has 0 amide bonds. The summed E-state index contributed by atoms with van der Waals surface area (Å²) in [5.74, 6) is -0.981. The number of hydrogen-bond donors (Lipinski definition) is 2. The predicted octanol–water partition coefficient (Wildman–Crippen LogP) is 5.06. The number of carboxylic acid groups (broad SMARTS) is 1. The minimum atomic E-state index is -4.64. The van der Waals surface area contributed by atoms with Gasteiger partial charge in [-0.25, -0.2) is 14.5 Å². The van der Waals surface area contributed by atoms with Gasteiger partial charge in [-0.05, 0) is 47.5 Å². The van der Waals surface area contributed by atoms with Gasteiger partial charge in [-0.15, -0.1) is 0 Å². The monoisotopic (exact) mass is 476 g/mol. The van der Waals surface area contributed by atoms with E-state index in [1.165, 1.54) is 12.3 Å². The zero-order valence-electron chi connectivity index (χ0n) is 17.7. The molecule has 2 N–H and O–H groups in total. The minimum absolute atomic E-state index is 0.0637. The first kappa shape index (κ1) is 23.2. The van der Waals surface area contributed by atoms with E-state index in [0.29, 0.717) is 27.9 Å². The Morgan fingerprint density at radius 1 is 1.14 bits per heavy atom. The molecule has 0 saturated heterocycles. The normalized spacial score (nSPS) is 11.4. The Morgan fingerprint density at radius 2 is 1.94 bits per heavy atom. The third-order valence-corrected chi connectivity index (χ3v) is 4.73. The largest absolute Gasteiger partial charge is 0.478 e. The van der Waals surface area contributed by atoms with Crippen molar-refractivity contribution in [2.45, 2.75) is 6.18 Å². The molecule has 0 aliphatic carbocycles. The molecule has 11 heteroatoms. The standard InChI is InChI=1S/C24H15F3N6O2/c25-24(26,27)20-9-10-33(32-20)22-19(17-5-1-3-15(11-17)7-8-21(34)35)14-29-23(31-22)30-18-6-2-4-16(12-18)13-28/h1-12,14H,(H,34,35)(H,29,30,31)/b8-7+. The van der Waals surface area contributed by atoms with E-state index >= 15 is 0 Å². The van der Waals surface area contributed by atoms with E-state index in [1.807, 2.05) is 6.07 Å². The second-order valence-electron chi connectivity index (χ2n) is 7.19. The number of nitrogens with one attached hydrogen (secondary N) is 1. The zero-order valence-corrected chi connectivity index (χ0v) is 17.7. The fourth-order valence-electron chi connectivity index (χ4n) is 3.18. The molecule has 35 heavy (non-hydrogen) atoms. The molecule has 0 saturated carbocycles. The number of halogens is 3. The molecule has 0 radical (unpaired) electrons. The van der Waals surface area contributed by atoms with Gasteiger partial charge in [-0.2, -0.15) is 28.5 Å². The van der Waals surface area contributed by atoms with Crippen LogP contribution in [-0.4, -0.2) is 30.8 Å². The second kappa shape index (κ2) is 9.48. The first-order valence-electron chi connectivity index (χ1n) is 10.0. The van der Waals surface area contributed by atoms with Crippen molar-refractivity contribution in [3.8, 4) is 23.0 Å². The van der Waals surface area contributed by atoms with E-state index in [9.17, 15) is 18.0 Å². The van der Waals surface area contributed by atoms with Gasteiger partial charge in [0.1, 0.15) is 0 Å². The van der Waals surface area contributed by atoms with Crippen molar-refractivity contribution in [3.05, 3.63) is 89.9 Å². The summed E-state index contributed by atoms with van der Waals surface area (Å²) >= 11 is 0. The number of nitriles is 1. The molecule has 2 aromatic heterocycles. The summed E-state index contributed by atoms with van der Waals surface area (Å²) < 4.78 is 40.5. The van der Waals surface area contributed by atoms with Crippen LogP contribution in [0.3, 0.4) is 0 Å². The number of anilines is 2. The van der Waals surface area contributed by atoms with E-state index in [0.717, 1.165) is 23.0 Å². The van der Waals surface area contributed by atoms with E-state index in [2.05, 4.69) is 20.4 Å². The lowest BCUT2D eigenvalue weighted by atomic mass is 10.0. The summed E-state index contributed by atoms with van der Waals surface area (Å²) in [7, 11) is 0. The van der Waals surface area contributed by atoms with Crippen LogP contribution in [0, 0.1) is 11.3 Å². The average Bonchev–Trinajstić information content (AvgIpc) is 3.34. The Bertz CT molecular complexity index is 1470. The maximum absolute atomic E-state index is 13.2. The Morgan fingerprint density at radius 3 is 2.66 bits per heavy atom. The molecule has 4 aromatic rings. The topological polar surface area (TPSA) is 117 Å². The summed E-state index contributed by atoms with van der Waals surface area (Å²) in [5, 5.41) is 24.5. The maximum atomic E-state index is 13.2. The van der Waals surface area contributed by atoms with Crippen molar-refractivity contribution >= 4 is 23.7 Å². The van der Waals surface area contributed by atoms with Crippen molar-refractivity contribution < 1.29 is 23.1 Å². The number of hydrogen-bond acceptors (Lipinski definition) is 6. The van der Waals surface area contributed by atoms with Crippen LogP contribution >= 0.6 is 0 Å². The minimum Gasteiger partial charge on any atom is -0.478 e. The van der Waals surface area contributed by atoms with Crippen molar-refractivity contribution in [2.24, 2.45) is 0 Å². The SMILES string of the molecule is N#Cc1cccc(Nc2ncc(-c3cccc(/C=C/C(=O)O)c3)c(-n3ccc(C(F)(F)F)n3)n2)c1. The van der Waals surface area contributed by atoms with Gasteiger partial charge in [0.15, 0.2) is 11.5 Å². The van der Waals surface area contributed by atoms with Gasteiger partial charge in [0.25, 0.3) is 0 Å². The van der Waals surface area contributed by atoms with Crippen LogP contribution in [0.25, 0.3) is 23.0 Å². The molecular weight excluding hydrogens is 461 g/mol. The van der Waals surface area contributed by atoms with Crippen molar-refractivity contribution in [1.82, 2.24) is 19.7 Å². The molecule has 2 heterocycles. The molecular formula is C24H15F3N6O2. The lowest BCUT2D eigenvalue weighted by molar-refractivity contribution is -0.141. The highest BCUT2D eigenvalue weighted by molar-refractivity contribution is 5.86. The van der Waals surface area contributed by atoms with Gasteiger partial charge >= 0.3 is 12.1 Å². The van der Waals surface area contributed by atoms with Gasteiger partial charge in [-0.1, -0.05) is 24.3 Å². The molecule has 0 aliphatic rings.